The molecule has 110 valence electrons. The van der Waals surface area contributed by atoms with Crippen molar-refractivity contribution in [2.75, 3.05) is 31.3 Å². The van der Waals surface area contributed by atoms with Crippen molar-refractivity contribution in [3.63, 3.8) is 0 Å². The third kappa shape index (κ3) is 2.70. The summed E-state index contributed by atoms with van der Waals surface area (Å²) in [7, 11) is 0. The lowest BCUT2D eigenvalue weighted by Crippen LogP contribution is -2.46. The predicted molar refractivity (Wildman–Crippen MR) is 80.6 cm³/mol. The molecule has 2 aliphatic rings. The summed E-state index contributed by atoms with van der Waals surface area (Å²) < 4.78 is 10.9. The van der Waals surface area contributed by atoms with Crippen molar-refractivity contribution in [2.24, 2.45) is 5.41 Å². The highest BCUT2D eigenvalue weighted by Gasteiger charge is 2.28. The van der Waals surface area contributed by atoms with E-state index in [0.717, 1.165) is 31.1 Å². The van der Waals surface area contributed by atoms with Crippen LogP contribution in [0.25, 0.3) is 0 Å². The van der Waals surface area contributed by atoms with Gasteiger partial charge < -0.3 is 19.7 Å². The van der Waals surface area contributed by atoms with Crippen LogP contribution in [0.5, 0.6) is 11.5 Å². The molecule has 0 bridgehead atoms. The molecule has 1 fully saturated rings. The van der Waals surface area contributed by atoms with Crippen molar-refractivity contribution in [1.82, 2.24) is 5.32 Å². The quantitative estimate of drug-likeness (QED) is 0.855. The van der Waals surface area contributed by atoms with E-state index >= 15 is 0 Å². The Morgan fingerprint density at radius 2 is 2.00 bits per heavy atom. The summed E-state index contributed by atoms with van der Waals surface area (Å²) in [5.41, 5.74) is 1.49. The molecular weight excluding hydrogens is 252 g/mol. The van der Waals surface area contributed by atoms with Crippen LogP contribution in [0.15, 0.2) is 18.2 Å². The molecule has 1 atom stereocenters. The zero-order chi connectivity index (χ0) is 14.2. The average Bonchev–Trinajstić information content (AvgIpc) is 2.70. The van der Waals surface area contributed by atoms with Gasteiger partial charge >= 0.3 is 0 Å². The number of anilines is 1. The molecule has 0 aliphatic carbocycles. The van der Waals surface area contributed by atoms with Gasteiger partial charge in [0.05, 0.1) is 0 Å². The molecular formula is C16H24N2O2. The average molecular weight is 276 g/mol. The van der Waals surface area contributed by atoms with Crippen LogP contribution in [0.4, 0.5) is 5.69 Å². The largest absolute Gasteiger partial charge is 0.454 e. The van der Waals surface area contributed by atoms with E-state index in [1.807, 2.05) is 6.07 Å². The molecule has 2 heterocycles. The summed E-state index contributed by atoms with van der Waals surface area (Å²) in [5.74, 6) is 1.72. The highest BCUT2D eigenvalue weighted by Crippen LogP contribution is 2.36. The molecule has 0 amide bonds. The molecule has 2 aliphatic heterocycles. The van der Waals surface area contributed by atoms with Gasteiger partial charge in [-0.1, -0.05) is 20.8 Å². The first-order valence-electron chi connectivity index (χ1n) is 7.42. The Bertz CT molecular complexity index is 482. The molecule has 0 saturated carbocycles. The third-order valence-electron chi connectivity index (χ3n) is 4.17. The molecule has 0 spiro atoms. The number of hydrogen-bond donors (Lipinski definition) is 1. The van der Waals surface area contributed by atoms with Gasteiger partial charge in [0.25, 0.3) is 0 Å². The summed E-state index contributed by atoms with van der Waals surface area (Å²) in [4.78, 5) is 2.46. The molecule has 0 radical (unpaired) electrons. The van der Waals surface area contributed by atoms with E-state index < -0.39 is 0 Å². The highest BCUT2D eigenvalue weighted by atomic mass is 16.7. The molecule has 4 nitrogen and oxygen atoms in total. The maximum atomic E-state index is 5.49. The Kier molecular flexibility index (Phi) is 3.50. The Morgan fingerprint density at radius 1 is 1.20 bits per heavy atom. The fourth-order valence-electron chi connectivity index (χ4n) is 2.82. The minimum Gasteiger partial charge on any atom is -0.454 e. The first-order chi connectivity index (χ1) is 9.54. The second kappa shape index (κ2) is 5.17. The van der Waals surface area contributed by atoms with Gasteiger partial charge in [-0.2, -0.15) is 0 Å². The van der Waals surface area contributed by atoms with Crippen LogP contribution in [-0.2, 0) is 0 Å². The van der Waals surface area contributed by atoms with Gasteiger partial charge in [-0.25, -0.2) is 0 Å². The Morgan fingerprint density at radius 3 is 2.80 bits per heavy atom. The van der Waals surface area contributed by atoms with Crippen LogP contribution in [-0.4, -0.2) is 32.5 Å². The molecule has 1 N–H and O–H groups in total. The van der Waals surface area contributed by atoms with Crippen LogP contribution in [0, 0.1) is 5.41 Å². The Labute approximate surface area is 121 Å². The van der Waals surface area contributed by atoms with Crippen LogP contribution in [0.3, 0.4) is 0 Å². The highest BCUT2D eigenvalue weighted by molar-refractivity contribution is 5.57. The number of benzene rings is 1. The molecule has 4 heteroatoms. The summed E-state index contributed by atoms with van der Waals surface area (Å²) in [6, 6.07) is 6.75. The fourth-order valence-corrected chi connectivity index (χ4v) is 2.82. The van der Waals surface area contributed by atoms with Crippen molar-refractivity contribution < 1.29 is 9.47 Å². The fraction of sp³-hybridized carbons (Fsp3) is 0.625. The van der Waals surface area contributed by atoms with Gasteiger partial charge in [-0.3, -0.25) is 0 Å². The molecule has 1 aromatic carbocycles. The number of nitrogens with one attached hydrogen (secondary N) is 1. The van der Waals surface area contributed by atoms with Gasteiger partial charge in [-0.05, 0) is 30.5 Å². The number of fused-ring (bicyclic) bond motifs is 1. The molecule has 1 unspecified atom stereocenters. The predicted octanol–water partition coefficient (Wildman–Crippen LogP) is 2.63. The van der Waals surface area contributed by atoms with E-state index in [1.54, 1.807) is 0 Å². The van der Waals surface area contributed by atoms with Gasteiger partial charge in [-0.15, -0.1) is 0 Å². The second-order valence-corrected chi connectivity index (χ2v) is 6.71. The van der Waals surface area contributed by atoms with E-state index in [0.29, 0.717) is 12.8 Å². The molecule has 3 rings (SSSR count). The lowest BCUT2D eigenvalue weighted by molar-refractivity contribution is 0.174. The summed E-state index contributed by atoms with van der Waals surface area (Å²) in [6.07, 6.45) is 1.17. The van der Waals surface area contributed by atoms with Gasteiger partial charge in [0, 0.05) is 30.9 Å². The summed E-state index contributed by atoms with van der Waals surface area (Å²) >= 11 is 0. The molecule has 1 aromatic rings. The zero-order valence-corrected chi connectivity index (χ0v) is 12.6. The van der Waals surface area contributed by atoms with Crippen molar-refractivity contribution in [3.05, 3.63) is 18.2 Å². The van der Waals surface area contributed by atoms with E-state index in [-0.39, 0.29) is 5.41 Å². The van der Waals surface area contributed by atoms with Crippen LogP contribution >= 0.6 is 0 Å². The Balaban J connectivity index is 1.81. The van der Waals surface area contributed by atoms with Crippen LogP contribution in [0.1, 0.15) is 27.2 Å². The smallest absolute Gasteiger partial charge is 0.231 e. The Hall–Kier alpha value is -1.42. The SMILES string of the molecule is CC(C)(C)C1CN(c2ccc3c(c2)OCO3)CCCN1. The van der Waals surface area contributed by atoms with Gasteiger partial charge in [0.2, 0.25) is 6.79 Å². The number of nitrogens with zero attached hydrogens (tertiary/aromatic N) is 1. The number of hydrogen-bond acceptors (Lipinski definition) is 4. The van der Waals surface area contributed by atoms with Crippen molar-refractivity contribution in [3.8, 4) is 11.5 Å². The van der Waals surface area contributed by atoms with Crippen molar-refractivity contribution >= 4 is 5.69 Å². The lowest BCUT2D eigenvalue weighted by atomic mass is 9.86. The van der Waals surface area contributed by atoms with Crippen molar-refractivity contribution in [1.29, 1.82) is 0 Å². The topological polar surface area (TPSA) is 33.7 Å². The normalized spacial score (nSPS) is 22.8. The van der Waals surface area contributed by atoms with E-state index in [9.17, 15) is 0 Å². The minimum atomic E-state index is 0.263. The number of rotatable bonds is 1. The third-order valence-corrected chi connectivity index (χ3v) is 4.17. The monoisotopic (exact) mass is 276 g/mol. The van der Waals surface area contributed by atoms with Gasteiger partial charge in [0.15, 0.2) is 11.5 Å². The van der Waals surface area contributed by atoms with Crippen LogP contribution in [0.2, 0.25) is 0 Å². The maximum absolute atomic E-state index is 5.49. The molecule has 20 heavy (non-hydrogen) atoms. The summed E-state index contributed by atoms with van der Waals surface area (Å²) in [6.45, 7) is 10.4. The first-order valence-corrected chi connectivity index (χ1v) is 7.42. The van der Waals surface area contributed by atoms with E-state index in [1.165, 1.54) is 12.1 Å². The summed E-state index contributed by atoms with van der Waals surface area (Å²) in [5, 5.41) is 3.68. The minimum absolute atomic E-state index is 0.263. The first kappa shape index (κ1) is 13.6. The number of ether oxygens (including phenoxy) is 2. The lowest BCUT2D eigenvalue weighted by Gasteiger charge is -2.34. The molecule has 1 saturated heterocycles. The van der Waals surface area contributed by atoms with Crippen molar-refractivity contribution in [2.45, 2.75) is 33.2 Å². The van der Waals surface area contributed by atoms with E-state index in [4.69, 9.17) is 9.47 Å². The van der Waals surface area contributed by atoms with Crippen LogP contribution < -0.4 is 19.7 Å². The van der Waals surface area contributed by atoms with Gasteiger partial charge in [0.1, 0.15) is 0 Å². The zero-order valence-electron chi connectivity index (χ0n) is 12.6. The van der Waals surface area contributed by atoms with E-state index in [2.05, 4.69) is 43.1 Å². The standard InChI is InChI=1S/C16H24N2O2/c1-16(2,3)15-10-18(8-4-7-17-15)12-5-6-13-14(9-12)20-11-19-13/h5-6,9,15,17H,4,7-8,10-11H2,1-3H3. The second-order valence-electron chi connectivity index (χ2n) is 6.71. The maximum Gasteiger partial charge on any atom is 0.231 e. The molecule has 0 aromatic heterocycles.